The van der Waals surface area contributed by atoms with Gasteiger partial charge in [-0.2, -0.15) is 0 Å². The van der Waals surface area contributed by atoms with Gasteiger partial charge < -0.3 is 24.8 Å². The smallest absolute Gasteiger partial charge is 0.410 e. The van der Waals surface area contributed by atoms with Gasteiger partial charge in [-0.3, -0.25) is 0 Å². The third-order valence-corrected chi connectivity index (χ3v) is 5.06. The molecule has 0 radical (unpaired) electrons. The van der Waals surface area contributed by atoms with Crippen LogP contribution in [-0.4, -0.2) is 42.5 Å². The van der Waals surface area contributed by atoms with Crippen molar-refractivity contribution in [1.82, 2.24) is 4.90 Å². The lowest BCUT2D eigenvalue weighted by Crippen LogP contribution is -2.42. The molecule has 1 atom stereocenters. The van der Waals surface area contributed by atoms with E-state index in [1.54, 1.807) is 4.90 Å². The summed E-state index contributed by atoms with van der Waals surface area (Å²) in [6, 6.07) is 6.22. The van der Waals surface area contributed by atoms with Crippen molar-refractivity contribution in [3.8, 4) is 11.5 Å². The molecule has 1 amide bonds. The van der Waals surface area contributed by atoms with E-state index in [0.717, 1.165) is 49.2 Å². The topological polar surface area (TPSA) is 74.0 Å². The van der Waals surface area contributed by atoms with Gasteiger partial charge in [-0.05, 0) is 63.6 Å². The molecule has 1 fully saturated rings. The van der Waals surface area contributed by atoms with Crippen LogP contribution in [-0.2, 0) is 11.2 Å². The van der Waals surface area contributed by atoms with Gasteiger partial charge in [-0.25, -0.2) is 4.79 Å². The Hall–Kier alpha value is -1.95. The molecule has 6 heteroatoms. The van der Waals surface area contributed by atoms with Crippen LogP contribution in [0.15, 0.2) is 18.2 Å². The van der Waals surface area contributed by atoms with E-state index in [2.05, 4.69) is 0 Å². The van der Waals surface area contributed by atoms with Crippen LogP contribution in [0.4, 0.5) is 4.79 Å². The lowest BCUT2D eigenvalue weighted by Gasteiger charge is -2.31. The van der Waals surface area contributed by atoms with E-state index >= 15 is 0 Å². The van der Waals surface area contributed by atoms with Crippen molar-refractivity contribution in [2.45, 2.75) is 64.1 Å². The molecule has 6 nitrogen and oxygen atoms in total. The number of ether oxygens (including phenoxy) is 3. The third-order valence-electron chi connectivity index (χ3n) is 5.06. The molecule has 0 aromatic heterocycles. The van der Waals surface area contributed by atoms with E-state index in [1.165, 1.54) is 0 Å². The lowest BCUT2D eigenvalue weighted by molar-refractivity contribution is 0.0366. The molecule has 1 aliphatic carbocycles. The molecule has 0 bridgehead atoms. The number of amides is 1. The van der Waals surface area contributed by atoms with Gasteiger partial charge in [-0.1, -0.05) is 6.07 Å². The summed E-state index contributed by atoms with van der Waals surface area (Å²) in [4.78, 5) is 14.4. The molecule has 2 aliphatic rings. The second-order valence-electron chi connectivity index (χ2n) is 6.95. The zero-order chi connectivity index (χ0) is 17.8. The Balaban J connectivity index is 1.56. The van der Waals surface area contributed by atoms with Gasteiger partial charge in [0.05, 0.1) is 0 Å². The van der Waals surface area contributed by atoms with E-state index in [4.69, 9.17) is 19.9 Å². The number of fused-ring (bicyclic) bond motifs is 1. The van der Waals surface area contributed by atoms with Crippen molar-refractivity contribution in [3.63, 3.8) is 0 Å². The second kappa shape index (κ2) is 7.95. The van der Waals surface area contributed by atoms with Crippen LogP contribution in [0, 0.1) is 0 Å². The zero-order valence-corrected chi connectivity index (χ0v) is 15.1. The van der Waals surface area contributed by atoms with E-state index in [0.29, 0.717) is 6.54 Å². The second-order valence-corrected chi connectivity index (χ2v) is 6.95. The summed E-state index contributed by atoms with van der Waals surface area (Å²) in [7, 11) is 0. The molecule has 1 aromatic rings. The standard InChI is InChI=1S/C19H28N2O4/c1-3-21(19(22)25-16-7-5-15(20)6-8-16)13(2)10-14-4-9-17-18(11-14)24-12-23-17/h4,9,11,13,15-16H,3,5-8,10,12,20H2,1-2H3. The number of hydrogen-bond acceptors (Lipinski definition) is 5. The fourth-order valence-electron chi connectivity index (χ4n) is 3.56. The molecule has 0 spiro atoms. The average molecular weight is 348 g/mol. The molecule has 1 unspecified atom stereocenters. The van der Waals surface area contributed by atoms with Gasteiger partial charge >= 0.3 is 6.09 Å². The summed E-state index contributed by atoms with van der Waals surface area (Å²) < 4.78 is 16.5. The van der Waals surface area contributed by atoms with Crippen molar-refractivity contribution in [2.24, 2.45) is 5.73 Å². The highest BCUT2D eigenvalue weighted by Crippen LogP contribution is 2.33. The van der Waals surface area contributed by atoms with Crippen LogP contribution < -0.4 is 15.2 Å². The monoisotopic (exact) mass is 348 g/mol. The average Bonchev–Trinajstić information content (AvgIpc) is 3.05. The van der Waals surface area contributed by atoms with Gasteiger partial charge in [0, 0.05) is 18.6 Å². The Morgan fingerprint density at radius 1 is 1.28 bits per heavy atom. The molecule has 1 aliphatic heterocycles. The van der Waals surface area contributed by atoms with Gasteiger partial charge in [0.25, 0.3) is 0 Å². The first-order valence-corrected chi connectivity index (χ1v) is 9.18. The minimum absolute atomic E-state index is 0.000840. The van der Waals surface area contributed by atoms with E-state index < -0.39 is 0 Å². The Bertz CT molecular complexity index is 599. The van der Waals surface area contributed by atoms with Crippen LogP contribution in [0.1, 0.15) is 45.1 Å². The number of carbonyl (C=O) groups is 1. The summed E-state index contributed by atoms with van der Waals surface area (Å²) >= 11 is 0. The molecular weight excluding hydrogens is 320 g/mol. The van der Waals surface area contributed by atoms with Crippen molar-refractivity contribution in [1.29, 1.82) is 0 Å². The maximum Gasteiger partial charge on any atom is 0.410 e. The number of hydrogen-bond donors (Lipinski definition) is 1. The molecule has 1 saturated carbocycles. The van der Waals surface area contributed by atoms with E-state index in [-0.39, 0.29) is 31.1 Å². The minimum Gasteiger partial charge on any atom is -0.454 e. The fourth-order valence-corrected chi connectivity index (χ4v) is 3.56. The lowest BCUT2D eigenvalue weighted by atomic mass is 9.94. The summed E-state index contributed by atoms with van der Waals surface area (Å²) in [5.41, 5.74) is 7.03. The number of likely N-dealkylation sites (N-methyl/N-ethyl adjacent to an activating group) is 1. The van der Waals surface area contributed by atoms with Gasteiger partial charge in [-0.15, -0.1) is 0 Å². The van der Waals surface area contributed by atoms with Crippen LogP contribution in [0.5, 0.6) is 11.5 Å². The molecule has 1 aromatic carbocycles. The van der Waals surface area contributed by atoms with Crippen LogP contribution in [0.25, 0.3) is 0 Å². The number of carbonyl (C=O) groups excluding carboxylic acids is 1. The normalized spacial score (nSPS) is 23.2. The SMILES string of the molecule is CCN(C(=O)OC1CCC(N)CC1)C(C)Cc1ccc2c(c1)OCO2. The number of nitrogens with two attached hydrogens (primary N) is 1. The van der Waals surface area contributed by atoms with Crippen LogP contribution in [0.2, 0.25) is 0 Å². The predicted octanol–water partition coefficient (Wildman–Crippen LogP) is 3.07. The third kappa shape index (κ3) is 4.37. The van der Waals surface area contributed by atoms with Gasteiger partial charge in [0.1, 0.15) is 6.10 Å². The Morgan fingerprint density at radius 3 is 2.72 bits per heavy atom. The number of benzene rings is 1. The molecule has 2 N–H and O–H groups in total. The summed E-state index contributed by atoms with van der Waals surface area (Å²) in [6.07, 6.45) is 4.10. The molecule has 138 valence electrons. The summed E-state index contributed by atoms with van der Waals surface area (Å²) in [5.74, 6) is 1.55. The maximum atomic E-state index is 12.6. The molecule has 1 heterocycles. The highest BCUT2D eigenvalue weighted by molar-refractivity contribution is 5.68. The molecule has 3 rings (SSSR count). The summed E-state index contributed by atoms with van der Waals surface area (Å²) in [5, 5.41) is 0. The van der Waals surface area contributed by atoms with Crippen molar-refractivity contribution in [2.75, 3.05) is 13.3 Å². The predicted molar refractivity (Wildman–Crippen MR) is 94.8 cm³/mol. The van der Waals surface area contributed by atoms with Crippen LogP contribution in [0.3, 0.4) is 0 Å². The van der Waals surface area contributed by atoms with Crippen molar-refractivity contribution >= 4 is 6.09 Å². The Morgan fingerprint density at radius 2 is 2.00 bits per heavy atom. The highest BCUT2D eigenvalue weighted by Gasteiger charge is 2.26. The molecule has 0 saturated heterocycles. The highest BCUT2D eigenvalue weighted by atomic mass is 16.7. The Kier molecular flexibility index (Phi) is 5.68. The summed E-state index contributed by atoms with van der Waals surface area (Å²) in [6.45, 7) is 4.92. The maximum absolute atomic E-state index is 12.6. The first-order valence-electron chi connectivity index (χ1n) is 9.18. The van der Waals surface area contributed by atoms with Crippen molar-refractivity contribution in [3.05, 3.63) is 23.8 Å². The van der Waals surface area contributed by atoms with Crippen LogP contribution >= 0.6 is 0 Å². The molecule has 25 heavy (non-hydrogen) atoms. The zero-order valence-electron chi connectivity index (χ0n) is 15.1. The van der Waals surface area contributed by atoms with E-state index in [9.17, 15) is 4.79 Å². The first-order chi connectivity index (χ1) is 12.1. The Labute approximate surface area is 149 Å². The van der Waals surface area contributed by atoms with Crippen molar-refractivity contribution < 1.29 is 19.0 Å². The fraction of sp³-hybridized carbons (Fsp3) is 0.632. The quantitative estimate of drug-likeness (QED) is 0.885. The largest absolute Gasteiger partial charge is 0.454 e. The van der Waals surface area contributed by atoms with Gasteiger partial charge in [0.15, 0.2) is 11.5 Å². The number of nitrogens with zero attached hydrogens (tertiary/aromatic N) is 1. The number of rotatable bonds is 5. The first kappa shape index (κ1) is 17.9. The minimum atomic E-state index is -0.226. The van der Waals surface area contributed by atoms with E-state index in [1.807, 2.05) is 32.0 Å². The molecular formula is C19H28N2O4. The van der Waals surface area contributed by atoms with Gasteiger partial charge in [0.2, 0.25) is 6.79 Å².